The second-order valence-corrected chi connectivity index (χ2v) is 5.41. The van der Waals surface area contributed by atoms with Crippen molar-refractivity contribution >= 4 is 23.2 Å². The van der Waals surface area contributed by atoms with Crippen molar-refractivity contribution in [3.63, 3.8) is 0 Å². The Morgan fingerprint density at radius 3 is 3.06 bits per heavy atom. The number of hydrogen-bond acceptors (Lipinski definition) is 3. The molecule has 1 atom stereocenters. The van der Waals surface area contributed by atoms with Gasteiger partial charge >= 0.3 is 0 Å². The number of likely N-dealkylation sites (tertiary alicyclic amines) is 1. The van der Waals surface area contributed by atoms with Crippen LogP contribution >= 0.6 is 11.3 Å². The van der Waals surface area contributed by atoms with Gasteiger partial charge in [0.2, 0.25) is 5.91 Å². The molecule has 98 valence electrons. The van der Waals surface area contributed by atoms with Gasteiger partial charge in [-0.1, -0.05) is 6.07 Å². The molecule has 1 aliphatic heterocycles. The van der Waals surface area contributed by atoms with Gasteiger partial charge in [0.25, 0.3) is 5.91 Å². The molecule has 2 amide bonds. The van der Waals surface area contributed by atoms with E-state index < -0.39 is 0 Å². The zero-order valence-electron chi connectivity index (χ0n) is 10.5. The number of hydrogen-bond donors (Lipinski definition) is 1. The lowest BCUT2D eigenvalue weighted by molar-refractivity contribution is -0.126. The maximum Gasteiger partial charge on any atom is 0.263 e. The van der Waals surface area contributed by atoms with Crippen LogP contribution in [0.5, 0.6) is 0 Å². The fraction of sp³-hybridized carbons (Fsp3) is 0.538. The first-order chi connectivity index (χ1) is 8.72. The third-order valence-corrected chi connectivity index (χ3v) is 4.02. The van der Waals surface area contributed by atoms with Gasteiger partial charge in [0.05, 0.1) is 10.8 Å². The van der Waals surface area contributed by atoms with Gasteiger partial charge in [-0.25, -0.2) is 0 Å². The monoisotopic (exact) mass is 266 g/mol. The molecule has 1 aromatic rings. The Hall–Kier alpha value is -1.36. The van der Waals surface area contributed by atoms with E-state index in [1.54, 1.807) is 4.90 Å². The molecule has 18 heavy (non-hydrogen) atoms. The third kappa shape index (κ3) is 2.90. The number of rotatable bonds is 3. The number of nitrogens with zero attached hydrogens (tertiary/aromatic N) is 1. The topological polar surface area (TPSA) is 49.4 Å². The highest BCUT2D eigenvalue weighted by atomic mass is 32.1. The molecule has 1 N–H and O–H groups in total. The minimum atomic E-state index is -0.0531. The molecule has 1 unspecified atom stereocenters. The van der Waals surface area contributed by atoms with Crippen LogP contribution in [-0.2, 0) is 4.79 Å². The number of piperidine rings is 1. The van der Waals surface area contributed by atoms with Crippen molar-refractivity contribution in [2.75, 3.05) is 19.6 Å². The van der Waals surface area contributed by atoms with Crippen molar-refractivity contribution in [3.8, 4) is 0 Å². The lowest BCUT2D eigenvalue weighted by atomic mass is 9.97. The Labute approximate surface area is 111 Å². The van der Waals surface area contributed by atoms with Gasteiger partial charge < -0.3 is 10.2 Å². The van der Waals surface area contributed by atoms with E-state index in [1.165, 1.54) is 11.3 Å². The summed E-state index contributed by atoms with van der Waals surface area (Å²) in [6.07, 6.45) is 1.78. The lowest BCUT2D eigenvalue weighted by Crippen LogP contribution is -2.45. The van der Waals surface area contributed by atoms with E-state index in [-0.39, 0.29) is 17.7 Å². The quantitative estimate of drug-likeness (QED) is 0.906. The summed E-state index contributed by atoms with van der Waals surface area (Å²) in [4.78, 5) is 26.6. The highest BCUT2D eigenvalue weighted by molar-refractivity contribution is 7.12. The third-order valence-electron chi connectivity index (χ3n) is 3.16. The zero-order valence-corrected chi connectivity index (χ0v) is 11.3. The summed E-state index contributed by atoms with van der Waals surface area (Å²) in [5.41, 5.74) is 0. The summed E-state index contributed by atoms with van der Waals surface area (Å²) in [5, 5.41) is 4.74. The predicted octanol–water partition coefficient (Wildman–Crippen LogP) is 1.74. The summed E-state index contributed by atoms with van der Waals surface area (Å²) in [5.74, 6) is 0.0720. The Morgan fingerprint density at radius 2 is 2.39 bits per heavy atom. The van der Waals surface area contributed by atoms with Crippen molar-refractivity contribution in [2.24, 2.45) is 5.92 Å². The van der Waals surface area contributed by atoms with Gasteiger partial charge in [-0.15, -0.1) is 11.3 Å². The van der Waals surface area contributed by atoms with E-state index >= 15 is 0 Å². The van der Waals surface area contributed by atoms with Crippen LogP contribution in [0.1, 0.15) is 29.4 Å². The number of amides is 2. The van der Waals surface area contributed by atoms with Gasteiger partial charge in [0.15, 0.2) is 0 Å². The van der Waals surface area contributed by atoms with Gasteiger partial charge in [0.1, 0.15) is 0 Å². The maximum atomic E-state index is 12.2. The normalized spacial score (nSPS) is 19.6. The molecule has 0 radical (unpaired) electrons. The minimum Gasteiger partial charge on any atom is -0.356 e. The van der Waals surface area contributed by atoms with Gasteiger partial charge in [-0.3, -0.25) is 9.59 Å². The molecule has 4 nitrogen and oxygen atoms in total. The fourth-order valence-electron chi connectivity index (χ4n) is 2.25. The van der Waals surface area contributed by atoms with E-state index in [9.17, 15) is 9.59 Å². The second kappa shape index (κ2) is 6.00. The highest BCUT2D eigenvalue weighted by Crippen LogP contribution is 2.20. The van der Waals surface area contributed by atoms with E-state index in [2.05, 4.69) is 5.32 Å². The molecule has 1 fully saturated rings. The highest BCUT2D eigenvalue weighted by Gasteiger charge is 2.28. The van der Waals surface area contributed by atoms with Crippen LogP contribution in [-0.4, -0.2) is 36.3 Å². The maximum absolute atomic E-state index is 12.2. The average molecular weight is 266 g/mol. The van der Waals surface area contributed by atoms with Crippen LogP contribution in [0.3, 0.4) is 0 Å². The molecule has 5 heteroatoms. The van der Waals surface area contributed by atoms with Crippen LogP contribution in [0.2, 0.25) is 0 Å². The van der Waals surface area contributed by atoms with Crippen molar-refractivity contribution in [3.05, 3.63) is 22.4 Å². The van der Waals surface area contributed by atoms with Gasteiger partial charge in [-0.05, 0) is 31.2 Å². The lowest BCUT2D eigenvalue weighted by Gasteiger charge is -2.31. The predicted molar refractivity (Wildman–Crippen MR) is 71.6 cm³/mol. The summed E-state index contributed by atoms with van der Waals surface area (Å²) >= 11 is 1.45. The Balaban J connectivity index is 1.98. The van der Waals surface area contributed by atoms with Crippen molar-refractivity contribution < 1.29 is 9.59 Å². The standard InChI is InChI=1S/C13H18N2O2S/c1-2-14-12(16)10-5-3-7-15(9-10)13(17)11-6-4-8-18-11/h4,6,8,10H,2-3,5,7,9H2,1H3,(H,14,16). The number of carbonyl (C=O) groups excluding carboxylic acids is 2. The number of carbonyl (C=O) groups is 2. The summed E-state index contributed by atoms with van der Waals surface area (Å²) in [6.45, 7) is 3.86. The molecule has 0 bridgehead atoms. The number of nitrogens with one attached hydrogen (secondary N) is 1. The fourth-order valence-corrected chi connectivity index (χ4v) is 2.94. The molecule has 2 rings (SSSR count). The van der Waals surface area contributed by atoms with Gasteiger partial charge in [0, 0.05) is 19.6 Å². The molecule has 0 aliphatic carbocycles. The molecule has 1 aliphatic rings. The summed E-state index contributed by atoms with van der Waals surface area (Å²) in [7, 11) is 0. The molecule has 0 aromatic carbocycles. The summed E-state index contributed by atoms with van der Waals surface area (Å²) < 4.78 is 0. The van der Waals surface area contributed by atoms with Crippen LogP contribution in [0.25, 0.3) is 0 Å². The van der Waals surface area contributed by atoms with Crippen LogP contribution in [0, 0.1) is 5.92 Å². The first kappa shape index (κ1) is 13.1. The molecule has 2 heterocycles. The first-order valence-electron chi connectivity index (χ1n) is 6.33. The average Bonchev–Trinajstić information content (AvgIpc) is 2.92. The minimum absolute atomic E-state index is 0.0531. The molecule has 1 saturated heterocycles. The van der Waals surface area contributed by atoms with Crippen LogP contribution < -0.4 is 5.32 Å². The Kier molecular flexibility index (Phi) is 4.36. The van der Waals surface area contributed by atoms with Crippen molar-refractivity contribution in [2.45, 2.75) is 19.8 Å². The zero-order chi connectivity index (χ0) is 13.0. The molecular formula is C13H18N2O2S. The largest absolute Gasteiger partial charge is 0.356 e. The Bertz CT molecular complexity index is 417. The molecule has 0 saturated carbocycles. The van der Waals surface area contributed by atoms with E-state index in [4.69, 9.17) is 0 Å². The van der Waals surface area contributed by atoms with Crippen LogP contribution in [0.15, 0.2) is 17.5 Å². The van der Waals surface area contributed by atoms with E-state index in [0.29, 0.717) is 13.1 Å². The first-order valence-corrected chi connectivity index (χ1v) is 7.20. The molecular weight excluding hydrogens is 248 g/mol. The van der Waals surface area contributed by atoms with Gasteiger partial charge in [-0.2, -0.15) is 0 Å². The van der Waals surface area contributed by atoms with Crippen molar-refractivity contribution in [1.82, 2.24) is 10.2 Å². The van der Waals surface area contributed by atoms with E-state index in [0.717, 1.165) is 24.3 Å². The molecule has 1 aromatic heterocycles. The second-order valence-electron chi connectivity index (χ2n) is 4.46. The summed E-state index contributed by atoms with van der Waals surface area (Å²) in [6, 6.07) is 3.71. The Morgan fingerprint density at radius 1 is 1.56 bits per heavy atom. The smallest absolute Gasteiger partial charge is 0.263 e. The van der Waals surface area contributed by atoms with Crippen LogP contribution in [0.4, 0.5) is 0 Å². The van der Waals surface area contributed by atoms with E-state index in [1.807, 2.05) is 24.4 Å². The SMILES string of the molecule is CCNC(=O)C1CCCN(C(=O)c2cccs2)C1. The van der Waals surface area contributed by atoms with Crippen molar-refractivity contribution in [1.29, 1.82) is 0 Å². The number of thiophene rings is 1. The molecule has 0 spiro atoms.